The van der Waals surface area contributed by atoms with E-state index in [4.69, 9.17) is 0 Å². The normalized spacial score (nSPS) is 13.8. The molecule has 1 heteroatoms. The summed E-state index contributed by atoms with van der Waals surface area (Å²) in [7, 11) is 2.11. The van der Waals surface area contributed by atoms with Gasteiger partial charge in [0.15, 0.2) is 0 Å². The van der Waals surface area contributed by atoms with Crippen LogP contribution in [-0.4, -0.2) is 13.1 Å². The first-order valence-corrected chi connectivity index (χ1v) is 8.52. The second-order valence-corrected chi connectivity index (χ2v) is 7.51. The minimum absolute atomic E-state index is 0.228. The van der Waals surface area contributed by atoms with Gasteiger partial charge in [-0.1, -0.05) is 59.6 Å². The summed E-state index contributed by atoms with van der Waals surface area (Å²) in [6.45, 7) is 16.0. The van der Waals surface area contributed by atoms with Gasteiger partial charge in [-0.05, 0) is 60.9 Å². The van der Waals surface area contributed by atoms with E-state index in [0.29, 0.717) is 6.04 Å². The zero-order chi connectivity index (χ0) is 16.2. The van der Waals surface area contributed by atoms with Gasteiger partial charge in [0.2, 0.25) is 0 Å². The molecule has 0 spiro atoms. The second-order valence-electron chi connectivity index (χ2n) is 7.51. The molecule has 0 saturated heterocycles. The molecule has 1 atom stereocenters. The molecule has 1 N–H and O–H groups in total. The molecular formula is C20H35N. The molecule has 21 heavy (non-hydrogen) atoms. The van der Waals surface area contributed by atoms with E-state index in [9.17, 15) is 0 Å². The largest absolute Gasteiger partial charge is 0.316 e. The summed E-state index contributed by atoms with van der Waals surface area (Å²) in [4.78, 5) is 0. The number of likely N-dealkylation sites (N-methyl/N-ethyl adjacent to an activating group) is 1. The fraction of sp³-hybridized carbons (Fsp3) is 0.700. The maximum absolute atomic E-state index is 3.55. The topological polar surface area (TPSA) is 12.0 Å². The highest BCUT2D eigenvalue weighted by Crippen LogP contribution is 2.28. The molecule has 1 unspecified atom stereocenters. The molecule has 1 aromatic rings. The van der Waals surface area contributed by atoms with Crippen LogP contribution >= 0.6 is 0 Å². The fourth-order valence-electron chi connectivity index (χ4n) is 3.33. The smallest absolute Gasteiger partial charge is 0.0133 e. The van der Waals surface area contributed by atoms with Gasteiger partial charge in [0.1, 0.15) is 0 Å². The van der Waals surface area contributed by atoms with Crippen molar-refractivity contribution in [3.63, 3.8) is 0 Å². The Hall–Kier alpha value is -0.820. The van der Waals surface area contributed by atoms with E-state index in [1.54, 1.807) is 0 Å². The Morgan fingerprint density at radius 2 is 1.48 bits per heavy atom. The molecule has 0 aliphatic carbocycles. The quantitative estimate of drug-likeness (QED) is 0.762. The third-order valence-electron chi connectivity index (χ3n) is 4.97. The van der Waals surface area contributed by atoms with Crippen LogP contribution < -0.4 is 5.32 Å². The summed E-state index contributed by atoms with van der Waals surface area (Å²) in [5, 5.41) is 3.55. The van der Waals surface area contributed by atoms with Gasteiger partial charge in [0, 0.05) is 6.04 Å². The molecule has 0 saturated carbocycles. The first kappa shape index (κ1) is 18.2. The lowest BCUT2D eigenvalue weighted by Crippen LogP contribution is -2.35. The van der Waals surface area contributed by atoms with Crippen LogP contribution in [0.15, 0.2) is 12.1 Å². The maximum Gasteiger partial charge on any atom is 0.0133 e. The summed E-state index contributed by atoms with van der Waals surface area (Å²) in [5.74, 6) is 0.760. The molecule has 0 amide bonds. The van der Waals surface area contributed by atoms with Crippen LogP contribution in [0.1, 0.15) is 69.7 Å². The van der Waals surface area contributed by atoms with E-state index >= 15 is 0 Å². The van der Waals surface area contributed by atoms with Crippen LogP contribution in [0.2, 0.25) is 0 Å². The van der Waals surface area contributed by atoms with Gasteiger partial charge in [-0.25, -0.2) is 0 Å². The van der Waals surface area contributed by atoms with Crippen molar-refractivity contribution in [3.05, 3.63) is 34.4 Å². The minimum Gasteiger partial charge on any atom is -0.316 e. The van der Waals surface area contributed by atoms with Crippen LogP contribution in [-0.2, 0) is 11.8 Å². The van der Waals surface area contributed by atoms with Crippen molar-refractivity contribution in [2.24, 2.45) is 5.92 Å². The summed E-state index contributed by atoms with van der Waals surface area (Å²) in [6, 6.07) is 5.36. The van der Waals surface area contributed by atoms with Gasteiger partial charge in [-0.15, -0.1) is 0 Å². The van der Waals surface area contributed by atoms with Gasteiger partial charge in [0.25, 0.3) is 0 Å². The molecule has 1 aromatic carbocycles. The minimum atomic E-state index is 0.228. The Morgan fingerprint density at radius 3 is 1.81 bits per heavy atom. The zero-order valence-corrected chi connectivity index (χ0v) is 15.4. The first-order chi connectivity index (χ1) is 9.74. The highest BCUT2D eigenvalue weighted by atomic mass is 14.9. The predicted molar refractivity (Wildman–Crippen MR) is 95.2 cm³/mol. The van der Waals surface area contributed by atoms with E-state index in [1.807, 2.05) is 0 Å². The van der Waals surface area contributed by atoms with E-state index in [1.165, 1.54) is 35.1 Å². The third-order valence-corrected chi connectivity index (χ3v) is 4.97. The van der Waals surface area contributed by atoms with Crippen LogP contribution in [0.5, 0.6) is 0 Å². The molecule has 0 heterocycles. The SMILES string of the molecule is CCC(CC)C(Cc1c(C)cc(C(C)(C)C)cc1C)NC. The van der Waals surface area contributed by atoms with Crippen molar-refractivity contribution in [1.29, 1.82) is 0 Å². The maximum atomic E-state index is 3.55. The molecule has 0 aliphatic rings. The Kier molecular flexibility index (Phi) is 6.46. The van der Waals surface area contributed by atoms with Crippen LogP contribution in [0.25, 0.3) is 0 Å². The molecule has 120 valence electrons. The molecule has 1 rings (SSSR count). The predicted octanol–water partition coefficient (Wildman–Crippen LogP) is 5.17. The molecular weight excluding hydrogens is 254 g/mol. The van der Waals surface area contributed by atoms with Crippen molar-refractivity contribution in [1.82, 2.24) is 5.32 Å². The summed E-state index contributed by atoms with van der Waals surface area (Å²) >= 11 is 0. The monoisotopic (exact) mass is 289 g/mol. The van der Waals surface area contributed by atoms with Crippen molar-refractivity contribution in [3.8, 4) is 0 Å². The second kappa shape index (κ2) is 7.45. The number of nitrogens with one attached hydrogen (secondary N) is 1. The Labute approximate surface area is 132 Å². The van der Waals surface area contributed by atoms with E-state index < -0.39 is 0 Å². The first-order valence-electron chi connectivity index (χ1n) is 8.52. The van der Waals surface area contributed by atoms with Gasteiger partial charge in [-0.2, -0.15) is 0 Å². The van der Waals surface area contributed by atoms with Gasteiger partial charge in [0.05, 0.1) is 0 Å². The average molecular weight is 290 g/mol. The average Bonchev–Trinajstić information content (AvgIpc) is 2.40. The number of hydrogen-bond donors (Lipinski definition) is 1. The molecule has 0 bridgehead atoms. The van der Waals surface area contributed by atoms with Gasteiger partial charge >= 0.3 is 0 Å². The lowest BCUT2D eigenvalue weighted by Gasteiger charge is -2.28. The molecule has 0 aromatic heterocycles. The molecule has 1 nitrogen and oxygen atoms in total. The lowest BCUT2D eigenvalue weighted by molar-refractivity contribution is 0.348. The number of rotatable bonds is 6. The fourth-order valence-corrected chi connectivity index (χ4v) is 3.33. The van der Waals surface area contributed by atoms with Gasteiger partial charge < -0.3 is 5.32 Å². The van der Waals surface area contributed by atoms with Gasteiger partial charge in [-0.3, -0.25) is 0 Å². The number of aryl methyl sites for hydroxylation is 2. The zero-order valence-electron chi connectivity index (χ0n) is 15.4. The van der Waals surface area contributed by atoms with Crippen molar-refractivity contribution >= 4 is 0 Å². The highest BCUT2D eigenvalue weighted by molar-refractivity contribution is 5.41. The van der Waals surface area contributed by atoms with Crippen LogP contribution in [0, 0.1) is 19.8 Å². The number of hydrogen-bond acceptors (Lipinski definition) is 1. The Balaban J connectivity index is 3.09. The van der Waals surface area contributed by atoms with E-state index in [0.717, 1.165) is 12.3 Å². The summed E-state index contributed by atoms with van der Waals surface area (Å²) in [5.41, 5.74) is 6.11. The van der Waals surface area contributed by atoms with Crippen molar-refractivity contribution in [2.45, 2.75) is 79.2 Å². The Morgan fingerprint density at radius 1 is 1.00 bits per heavy atom. The number of benzene rings is 1. The standard InChI is InChI=1S/C20H35N/c1-9-16(10-2)19(21-8)13-18-14(3)11-17(12-15(18)4)20(5,6)7/h11-12,16,19,21H,9-10,13H2,1-8H3. The van der Waals surface area contributed by atoms with Crippen molar-refractivity contribution in [2.75, 3.05) is 7.05 Å². The van der Waals surface area contributed by atoms with Crippen molar-refractivity contribution < 1.29 is 0 Å². The molecule has 0 radical (unpaired) electrons. The van der Waals surface area contributed by atoms with E-state index in [2.05, 4.69) is 73.0 Å². The Bertz CT molecular complexity index is 426. The van der Waals surface area contributed by atoms with Crippen LogP contribution in [0.3, 0.4) is 0 Å². The summed E-state index contributed by atoms with van der Waals surface area (Å²) in [6.07, 6.45) is 3.64. The lowest BCUT2D eigenvalue weighted by atomic mass is 9.81. The van der Waals surface area contributed by atoms with Crippen LogP contribution in [0.4, 0.5) is 0 Å². The third kappa shape index (κ3) is 4.57. The molecule has 0 aliphatic heterocycles. The van der Waals surface area contributed by atoms with E-state index in [-0.39, 0.29) is 5.41 Å². The highest BCUT2D eigenvalue weighted by Gasteiger charge is 2.21. The molecule has 0 fully saturated rings. The summed E-state index contributed by atoms with van der Waals surface area (Å²) < 4.78 is 0.